The second-order valence-corrected chi connectivity index (χ2v) is 3.84. The van der Waals surface area contributed by atoms with Crippen LogP contribution < -0.4 is 10.2 Å². The van der Waals surface area contributed by atoms with Gasteiger partial charge in [-0.2, -0.15) is 0 Å². The Morgan fingerprint density at radius 2 is 1.94 bits per heavy atom. The van der Waals surface area contributed by atoms with Gasteiger partial charge in [-0.1, -0.05) is 25.1 Å². The fourth-order valence-corrected chi connectivity index (χ4v) is 1.97. The summed E-state index contributed by atoms with van der Waals surface area (Å²) < 4.78 is 0. The fourth-order valence-electron chi connectivity index (χ4n) is 1.97. The Labute approximate surface area is 110 Å². The highest BCUT2D eigenvalue weighted by molar-refractivity contribution is 5.85. The van der Waals surface area contributed by atoms with Gasteiger partial charge in [0.15, 0.2) is 0 Å². The van der Waals surface area contributed by atoms with E-state index in [2.05, 4.69) is 47.5 Å². The van der Waals surface area contributed by atoms with Gasteiger partial charge in [0.2, 0.25) is 0 Å². The topological polar surface area (TPSA) is 15.3 Å². The molecule has 0 spiro atoms. The zero-order valence-electron chi connectivity index (χ0n) is 9.56. The van der Waals surface area contributed by atoms with Crippen molar-refractivity contribution in [3.8, 4) is 0 Å². The largest absolute Gasteiger partial charge is 0.369 e. The Morgan fingerprint density at radius 1 is 1.25 bits per heavy atom. The van der Waals surface area contributed by atoms with Gasteiger partial charge in [0, 0.05) is 31.4 Å². The smallest absolute Gasteiger partial charge is 0.0367 e. The maximum Gasteiger partial charge on any atom is 0.0367 e. The molecule has 0 aromatic heterocycles. The summed E-state index contributed by atoms with van der Waals surface area (Å²) in [6.45, 7) is 5.61. The van der Waals surface area contributed by atoms with E-state index in [4.69, 9.17) is 0 Å². The molecule has 2 nitrogen and oxygen atoms in total. The van der Waals surface area contributed by atoms with Crippen LogP contribution in [0.3, 0.4) is 0 Å². The molecule has 1 atom stereocenters. The molecule has 2 rings (SSSR count). The molecule has 0 amide bonds. The number of benzene rings is 1. The number of hydrogen-bond donors (Lipinski definition) is 1. The van der Waals surface area contributed by atoms with E-state index in [-0.39, 0.29) is 24.8 Å². The summed E-state index contributed by atoms with van der Waals surface area (Å²) in [6, 6.07) is 11.3. The van der Waals surface area contributed by atoms with E-state index in [0.29, 0.717) is 6.04 Å². The van der Waals surface area contributed by atoms with Crippen molar-refractivity contribution in [3.05, 3.63) is 30.3 Å². The number of rotatable bonds is 2. The quantitative estimate of drug-likeness (QED) is 0.882. The number of piperazine rings is 1. The monoisotopic (exact) mass is 262 g/mol. The molecule has 1 fully saturated rings. The van der Waals surface area contributed by atoms with Gasteiger partial charge >= 0.3 is 0 Å². The average Bonchev–Trinajstić information content (AvgIpc) is 2.30. The fraction of sp³-hybridized carbons (Fsp3) is 0.500. The molecule has 1 N–H and O–H groups in total. The van der Waals surface area contributed by atoms with Crippen LogP contribution in [0, 0.1) is 0 Å². The lowest BCUT2D eigenvalue weighted by Crippen LogP contribution is -2.50. The Hall–Kier alpha value is -0.440. The van der Waals surface area contributed by atoms with Crippen LogP contribution in [-0.2, 0) is 0 Å². The first kappa shape index (κ1) is 15.6. The maximum atomic E-state index is 3.53. The number of halogens is 2. The van der Waals surface area contributed by atoms with Crippen LogP contribution in [0.15, 0.2) is 30.3 Å². The SMILES string of the molecule is CCC1CN(c2ccccc2)CCN1.Cl.Cl. The molecule has 0 saturated carbocycles. The molecule has 1 saturated heterocycles. The van der Waals surface area contributed by atoms with E-state index in [0.717, 1.165) is 19.6 Å². The first-order chi connectivity index (χ1) is 6.90. The minimum atomic E-state index is 0. The van der Waals surface area contributed by atoms with Crippen molar-refractivity contribution in [1.82, 2.24) is 5.32 Å². The van der Waals surface area contributed by atoms with Crippen LogP contribution in [0.5, 0.6) is 0 Å². The summed E-state index contributed by atoms with van der Waals surface area (Å²) >= 11 is 0. The Kier molecular flexibility index (Phi) is 7.56. The summed E-state index contributed by atoms with van der Waals surface area (Å²) in [5.74, 6) is 0. The van der Waals surface area contributed by atoms with E-state index >= 15 is 0 Å². The summed E-state index contributed by atoms with van der Waals surface area (Å²) in [5, 5.41) is 3.53. The Balaban J connectivity index is 0.00000112. The normalized spacial score (nSPS) is 19.6. The lowest BCUT2D eigenvalue weighted by atomic mass is 10.1. The number of para-hydroxylation sites is 1. The zero-order valence-corrected chi connectivity index (χ0v) is 11.2. The van der Waals surface area contributed by atoms with Gasteiger partial charge in [0.25, 0.3) is 0 Å². The summed E-state index contributed by atoms with van der Waals surface area (Å²) in [4.78, 5) is 2.46. The highest BCUT2D eigenvalue weighted by atomic mass is 35.5. The van der Waals surface area contributed by atoms with Crippen LogP contribution in [0.2, 0.25) is 0 Å². The lowest BCUT2D eigenvalue weighted by Gasteiger charge is -2.34. The number of hydrogen-bond acceptors (Lipinski definition) is 2. The van der Waals surface area contributed by atoms with Crippen molar-refractivity contribution in [1.29, 1.82) is 0 Å². The molecule has 1 heterocycles. The first-order valence-electron chi connectivity index (χ1n) is 5.43. The highest BCUT2D eigenvalue weighted by Crippen LogP contribution is 2.15. The van der Waals surface area contributed by atoms with E-state index in [1.54, 1.807) is 0 Å². The summed E-state index contributed by atoms with van der Waals surface area (Å²) in [6.07, 6.45) is 1.21. The third-order valence-electron chi connectivity index (χ3n) is 2.87. The molecule has 1 aromatic rings. The van der Waals surface area contributed by atoms with Crippen LogP contribution in [0.4, 0.5) is 5.69 Å². The van der Waals surface area contributed by atoms with Gasteiger partial charge in [-0.3, -0.25) is 0 Å². The molecule has 1 aliphatic rings. The molecule has 1 aliphatic heterocycles. The van der Waals surface area contributed by atoms with E-state index in [9.17, 15) is 0 Å². The van der Waals surface area contributed by atoms with Crippen LogP contribution >= 0.6 is 24.8 Å². The molecule has 1 aromatic carbocycles. The van der Waals surface area contributed by atoms with Gasteiger partial charge < -0.3 is 10.2 Å². The Bertz CT molecular complexity index is 280. The molecule has 0 radical (unpaired) electrons. The molecule has 0 aliphatic carbocycles. The highest BCUT2D eigenvalue weighted by Gasteiger charge is 2.17. The van der Waals surface area contributed by atoms with Gasteiger partial charge in [-0.15, -0.1) is 24.8 Å². The molecule has 4 heteroatoms. The molecule has 1 unspecified atom stereocenters. The van der Waals surface area contributed by atoms with Crippen molar-refractivity contribution in [2.75, 3.05) is 24.5 Å². The zero-order chi connectivity index (χ0) is 9.80. The predicted octanol–water partition coefficient (Wildman–Crippen LogP) is 2.72. The molecular formula is C12H20Cl2N2. The van der Waals surface area contributed by atoms with Crippen molar-refractivity contribution in [3.63, 3.8) is 0 Å². The van der Waals surface area contributed by atoms with Crippen molar-refractivity contribution in [2.45, 2.75) is 19.4 Å². The summed E-state index contributed by atoms with van der Waals surface area (Å²) in [7, 11) is 0. The second-order valence-electron chi connectivity index (χ2n) is 3.84. The van der Waals surface area contributed by atoms with Crippen molar-refractivity contribution < 1.29 is 0 Å². The van der Waals surface area contributed by atoms with Gasteiger partial charge in [0.1, 0.15) is 0 Å². The van der Waals surface area contributed by atoms with E-state index in [1.807, 2.05) is 0 Å². The molecular weight excluding hydrogens is 243 g/mol. The molecule has 16 heavy (non-hydrogen) atoms. The maximum absolute atomic E-state index is 3.53. The molecule has 0 bridgehead atoms. The molecule has 92 valence electrons. The summed E-state index contributed by atoms with van der Waals surface area (Å²) in [5.41, 5.74) is 1.35. The van der Waals surface area contributed by atoms with Gasteiger partial charge in [0.05, 0.1) is 0 Å². The van der Waals surface area contributed by atoms with Crippen molar-refractivity contribution >= 4 is 30.5 Å². The Morgan fingerprint density at radius 3 is 2.56 bits per heavy atom. The standard InChI is InChI=1S/C12H18N2.2ClH/c1-2-11-10-14(9-8-13-11)12-6-4-3-5-7-12;;/h3-7,11,13H,2,8-10H2,1H3;2*1H. The van der Waals surface area contributed by atoms with Crippen LogP contribution in [-0.4, -0.2) is 25.7 Å². The minimum Gasteiger partial charge on any atom is -0.369 e. The number of nitrogens with one attached hydrogen (secondary N) is 1. The number of anilines is 1. The van der Waals surface area contributed by atoms with Crippen molar-refractivity contribution in [2.24, 2.45) is 0 Å². The van der Waals surface area contributed by atoms with E-state index in [1.165, 1.54) is 12.1 Å². The van der Waals surface area contributed by atoms with Gasteiger partial charge in [-0.05, 0) is 18.6 Å². The average molecular weight is 263 g/mol. The second kappa shape index (κ2) is 7.77. The lowest BCUT2D eigenvalue weighted by molar-refractivity contribution is 0.447. The van der Waals surface area contributed by atoms with E-state index < -0.39 is 0 Å². The first-order valence-corrected chi connectivity index (χ1v) is 5.43. The van der Waals surface area contributed by atoms with Crippen LogP contribution in [0.1, 0.15) is 13.3 Å². The van der Waals surface area contributed by atoms with Crippen LogP contribution in [0.25, 0.3) is 0 Å². The minimum absolute atomic E-state index is 0. The third-order valence-corrected chi connectivity index (χ3v) is 2.87. The number of nitrogens with zero attached hydrogens (tertiary/aromatic N) is 1. The predicted molar refractivity (Wildman–Crippen MR) is 75.2 cm³/mol. The van der Waals surface area contributed by atoms with Gasteiger partial charge in [-0.25, -0.2) is 0 Å². The third kappa shape index (κ3) is 3.85.